The van der Waals surface area contributed by atoms with Gasteiger partial charge in [0, 0.05) is 31.7 Å². The van der Waals surface area contributed by atoms with Crippen molar-refractivity contribution in [2.45, 2.75) is 38.9 Å². The first-order valence-electron chi connectivity index (χ1n) is 12.2. The van der Waals surface area contributed by atoms with E-state index >= 15 is 0 Å². The quantitative estimate of drug-likeness (QED) is 0.411. The third-order valence-corrected chi connectivity index (χ3v) is 6.95. The predicted octanol–water partition coefficient (Wildman–Crippen LogP) is 6.45. The largest absolute Gasteiger partial charge is 0.416 e. The molecule has 4 rings (SSSR count). The van der Waals surface area contributed by atoms with Crippen molar-refractivity contribution in [3.63, 3.8) is 0 Å². The molecule has 8 heteroatoms. The van der Waals surface area contributed by atoms with Crippen LogP contribution in [0.1, 0.15) is 37.3 Å². The van der Waals surface area contributed by atoms with Gasteiger partial charge in [0.15, 0.2) is 0 Å². The Kier molecular flexibility index (Phi) is 7.82. The number of hydrogen-bond donors (Lipinski definition) is 2. The number of alkyl halides is 3. The molecule has 0 saturated carbocycles. The van der Waals surface area contributed by atoms with Crippen LogP contribution in [0, 0.1) is 11.8 Å². The van der Waals surface area contributed by atoms with Gasteiger partial charge in [-0.3, -0.25) is 4.79 Å². The van der Waals surface area contributed by atoms with E-state index in [9.17, 15) is 22.8 Å². The molecule has 36 heavy (non-hydrogen) atoms. The molecule has 1 saturated heterocycles. The predicted molar refractivity (Wildman–Crippen MR) is 134 cm³/mol. The highest BCUT2D eigenvalue weighted by Crippen LogP contribution is 2.32. The van der Waals surface area contributed by atoms with Crippen LogP contribution in [-0.2, 0) is 17.5 Å². The molecule has 1 aliphatic heterocycles. The summed E-state index contributed by atoms with van der Waals surface area (Å²) in [5.74, 6) is 0.252. The summed E-state index contributed by atoms with van der Waals surface area (Å²) in [6.45, 7) is 3.39. The van der Waals surface area contributed by atoms with Crippen LogP contribution in [0.25, 0.3) is 10.8 Å². The highest BCUT2D eigenvalue weighted by molar-refractivity contribution is 5.89. The summed E-state index contributed by atoms with van der Waals surface area (Å²) < 4.78 is 38.9. The molecule has 3 aromatic rings. The van der Waals surface area contributed by atoms with Crippen molar-refractivity contribution in [2.75, 3.05) is 18.4 Å². The van der Waals surface area contributed by atoms with Gasteiger partial charge >= 0.3 is 12.2 Å². The molecule has 1 fully saturated rings. The van der Waals surface area contributed by atoms with Gasteiger partial charge < -0.3 is 15.5 Å². The Bertz CT molecular complexity index is 1220. The van der Waals surface area contributed by atoms with Gasteiger partial charge in [0.25, 0.3) is 0 Å². The van der Waals surface area contributed by atoms with E-state index < -0.39 is 17.8 Å². The molecular formula is C28H30F3N3O2. The van der Waals surface area contributed by atoms with E-state index in [1.54, 1.807) is 4.90 Å². The fourth-order valence-electron chi connectivity index (χ4n) is 4.92. The Morgan fingerprint density at radius 2 is 1.75 bits per heavy atom. The van der Waals surface area contributed by atoms with E-state index in [-0.39, 0.29) is 23.4 Å². The highest BCUT2D eigenvalue weighted by Gasteiger charge is 2.33. The van der Waals surface area contributed by atoms with Gasteiger partial charge in [-0.1, -0.05) is 61.9 Å². The molecule has 0 bridgehead atoms. The molecular weight excluding hydrogens is 467 g/mol. The van der Waals surface area contributed by atoms with Crippen LogP contribution in [0.2, 0.25) is 0 Å². The number of benzene rings is 3. The average molecular weight is 498 g/mol. The molecule has 1 aliphatic rings. The average Bonchev–Trinajstić information content (AvgIpc) is 2.87. The summed E-state index contributed by atoms with van der Waals surface area (Å²) in [5.41, 5.74) is 0.368. The van der Waals surface area contributed by atoms with Crippen LogP contribution in [-0.4, -0.2) is 29.9 Å². The number of piperidine rings is 1. The van der Waals surface area contributed by atoms with E-state index in [1.165, 1.54) is 12.1 Å². The number of anilines is 1. The van der Waals surface area contributed by atoms with Crippen LogP contribution in [0.4, 0.5) is 23.7 Å². The van der Waals surface area contributed by atoms with E-state index in [4.69, 9.17) is 0 Å². The third kappa shape index (κ3) is 6.17. The maximum Gasteiger partial charge on any atom is 0.416 e. The maximum absolute atomic E-state index is 13.0. The summed E-state index contributed by atoms with van der Waals surface area (Å²) >= 11 is 0. The van der Waals surface area contributed by atoms with Crippen LogP contribution < -0.4 is 10.6 Å². The zero-order valence-electron chi connectivity index (χ0n) is 20.1. The minimum atomic E-state index is -4.47. The smallest absolute Gasteiger partial charge is 0.352 e. The number of hydrogen-bond acceptors (Lipinski definition) is 2. The second kappa shape index (κ2) is 11.0. The molecule has 0 aromatic heterocycles. The third-order valence-electron chi connectivity index (χ3n) is 6.95. The van der Waals surface area contributed by atoms with Crippen molar-refractivity contribution >= 4 is 28.4 Å². The Balaban J connectivity index is 1.31. The Labute approximate surface area is 208 Å². The number of carbonyl (C=O) groups is 2. The van der Waals surface area contributed by atoms with Gasteiger partial charge in [0.2, 0.25) is 5.91 Å². The molecule has 3 aromatic carbocycles. The molecule has 2 N–H and O–H groups in total. The van der Waals surface area contributed by atoms with Crippen LogP contribution >= 0.6 is 0 Å². The SMILES string of the molecule is CC[C@H]1CN(C(=O)Nc2cccc(C(F)(F)F)c2)CC[C@H]1CC(=O)NCc1cccc2ccccc12. The van der Waals surface area contributed by atoms with Crippen molar-refractivity contribution < 1.29 is 22.8 Å². The first-order valence-corrected chi connectivity index (χ1v) is 12.2. The minimum Gasteiger partial charge on any atom is -0.352 e. The number of rotatable bonds is 6. The highest BCUT2D eigenvalue weighted by atomic mass is 19.4. The van der Waals surface area contributed by atoms with Crippen molar-refractivity contribution in [1.29, 1.82) is 0 Å². The summed E-state index contributed by atoms with van der Waals surface area (Å²) in [5, 5.41) is 7.88. The van der Waals surface area contributed by atoms with Crippen molar-refractivity contribution in [1.82, 2.24) is 10.2 Å². The summed E-state index contributed by atoms with van der Waals surface area (Å²) in [4.78, 5) is 27.1. The van der Waals surface area contributed by atoms with E-state index in [0.717, 1.165) is 34.9 Å². The number of nitrogens with zero attached hydrogens (tertiary/aromatic N) is 1. The summed E-state index contributed by atoms with van der Waals surface area (Å²) in [7, 11) is 0. The number of amides is 3. The van der Waals surface area contributed by atoms with E-state index in [1.807, 2.05) is 49.4 Å². The van der Waals surface area contributed by atoms with Crippen molar-refractivity contribution in [3.8, 4) is 0 Å². The number of fused-ring (bicyclic) bond motifs is 1. The second-order valence-corrected chi connectivity index (χ2v) is 9.29. The lowest BCUT2D eigenvalue weighted by atomic mass is 9.81. The molecule has 3 amide bonds. The second-order valence-electron chi connectivity index (χ2n) is 9.29. The van der Waals surface area contributed by atoms with Gasteiger partial charge in [0.05, 0.1) is 5.56 Å². The first kappa shape index (κ1) is 25.5. The van der Waals surface area contributed by atoms with E-state index in [0.29, 0.717) is 32.5 Å². The number of nitrogens with one attached hydrogen (secondary N) is 2. The Morgan fingerprint density at radius 3 is 2.53 bits per heavy atom. The van der Waals surface area contributed by atoms with Crippen LogP contribution in [0.15, 0.2) is 66.7 Å². The molecule has 0 spiro atoms. The standard InChI is InChI=1S/C28H30F3N3O2/c1-2-19-18-34(27(36)33-24-11-6-10-23(16-24)28(29,30)31)14-13-21(19)15-26(35)32-17-22-9-5-8-20-7-3-4-12-25(20)22/h3-12,16,19,21H,2,13-15,17-18H2,1H3,(H,32,35)(H,33,36)/t19-,21-/m0/s1. The lowest BCUT2D eigenvalue weighted by Crippen LogP contribution is -2.46. The maximum atomic E-state index is 13.0. The lowest BCUT2D eigenvalue weighted by molar-refractivity contribution is -0.137. The minimum absolute atomic E-state index is 0.0201. The summed E-state index contributed by atoms with van der Waals surface area (Å²) in [6.07, 6.45) is -2.63. The molecule has 0 aliphatic carbocycles. The number of halogens is 3. The Hall–Kier alpha value is -3.55. The summed E-state index contributed by atoms with van der Waals surface area (Å²) in [6, 6.07) is 18.3. The van der Waals surface area contributed by atoms with E-state index in [2.05, 4.69) is 10.6 Å². The van der Waals surface area contributed by atoms with Crippen LogP contribution in [0.5, 0.6) is 0 Å². The molecule has 2 atom stereocenters. The fraction of sp³-hybridized carbons (Fsp3) is 0.357. The molecule has 5 nitrogen and oxygen atoms in total. The van der Waals surface area contributed by atoms with Gasteiger partial charge in [-0.05, 0) is 52.8 Å². The molecule has 1 heterocycles. The number of carbonyl (C=O) groups excluding carboxylic acids is 2. The van der Waals surface area contributed by atoms with Gasteiger partial charge in [-0.2, -0.15) is 13.2 Å². The Morgan fingerprint density at radius 1 is 1.00 bits per heavy atom. The van der Waals surface area contributed by atoms with Crippen molar-refractivity contribution in [2.24, 2.45) is 11.8 Å². The van der Waals surface area contributed by atoms with Crippen LogP contribution in [0.3, 0.4) is 0 Å². The number of likely N-dealkylation sites (tertiary alicyclic amines) is 1. The molecule has 0 unspecified atom stereocenters. The van der Waals surface area contributed by atoms with Gasteiger partial charge in [-0.25, -0.2) is 4.79 Å². The first-order chi connectivity index (χ1) is 17.2. The molecule has 0 radical (unpaired) electrons. The monoisotopic (exact) mass is 497 g/mol. The zero-order chi connectivity index (χ0) is 25.7. The van der Waals surface area contributed by atoms with Crippen molar-refractivity contribution in [3.05, 3.63) is 77.9 Å². The lowest BCUT2D eigenvalue weighted by Gasteiger charge is -2.38. The zero-order valence-corrected chi connectivity index (χ0v) is 20.1. The number of urea groups is 1. The normalized spacial score (nSPS) is 18.2. The van der Waals surface area contributed by atoms with Gasteiger partial charge in [0.1, 0.15) is 0 Å². The topological polar surface area (TPSA) is 61.4 Å². The van der Waals surface area contributed by atoms with Gasteiger partial charge in [-0.15, -0.1) is 0 Å². The fourth-order valence-corrected chi connectivity index (χ4v) is 4.92. The molecule has 190 valence electrons.